The Bertz CT molecular complexity index is 2400. The number of thioether (sulfide) groups is 1. The molecule has 81 heavy (non-hydrogen) atoms. The molecule has 0 aliphatic rings. The molecular formula is C55H86N12O13S. The lowest BCUT2D eigenvalue weighted by molar-refractivity contribution is -0.137. The molecule has 0 aromatic heterocycles. The Morgan fingerprint density at radius 1 is 0.556 bits per heavy atom. The number of aliphatic hydroxyl groups excluding tert-OH is 1. The summed E-state index contributed by atoms with van der Waals surface area (Å²) in [5.74, 6) is -10.6. The van der Waals surface area contributed by atoms with Crippen LogP contribution in [-0.4, -0.2) is 155 Å². The first-order valence-corrected chi connectivity index (χ1v) is 28.4. The lowest BCUT2D eigenvalue weighted by Gasteiger charge is -2.28. The van der Waals surface area contributed by atoms with E-state index in [1.54, 1.807) is 70.2 Å². The Labute approximate surface area is 478 Å². The maximum atomic E-state index is 14.0. The van der Waals surface area contributed by atoms with Gasteiger partial charge in [0.15, 0.2) is 0 Å². The molecule has 9 atom stereocenters. The Morgan fingerprint density at radius 3 is 1.69 bits per heavy atom. The molecule has 11 amide bonds. The van der Waals surface area contributed by atoms with E-state index in [9.17, 15) is 63.0 Å². The van der Waals surface area contributed by atoms with Crippen molar-refractivity contribution in [3.8, 4) is 5.75 Å². The Kier molecular flexibility index (Phi) is 31.7. The van der Waals surface area contributed by atoms with E-state index >= 15 is 0 Å². The number of carbonyl (C=O) groups excluding carboxylic acids is 11. The number of hydrogen-bond donors (Lipinski definition) is 14. The SMILES string of the molecule is CCCC[C@H](NC(=O)[C@H](CC(N)=O)NC(=O)[C@@H](CC(C)C)NC(=O)[C@@H](C)CCCN)C(=O)N[C@H](C(=O)N[C@@H](CO)C(=O)N[C@@H](CSCC(=O)N[C@@H](Cc1ccccc1)C(=O)N[C@H](C)Cc1ccc(O)cc1)C(=O)NCC(N)=O)C(C)C. The van der Waals surface area contributed by atoms with Crippen LogP contribution in [0.15, 0.2) is 54.6 Å². The number of nitrogens with one attached hydrogen (secondary N) is 9. The monoisotopic (exact) mass is 1150 g/mol. The van der Waals surface area contributed by atoms with Gasteiger partial charge in [-0.1, -0.05) is 96.8 Å². The van der Waals surface area contributed by atoms with Gasteiger partial charge in [-0.05, 0) is 80.7 Å². The van der Waals surface area contributed by atoms with Crippen LogP contribution in [0.2, 0.25) is 0 Å². The molecule has 0 saturated heterocycles. The number of nitrogens with two attached hydrogens (primary N) is 3. The van der Waals surface area contributed by atoms with Crippen LogP contribution in [0.4, 0.5) is 0 Å². The molecule has 25 nitrogen and oxygen atoms in total. The molecule has 0 bridgehead atoms. The molecule has 17 N–H and O–H groups in total. The van der Waals surface area contributed by atoms with Gasteiger partial charge in [-0.15, -0.1) is 11.8 Å². The molecule has 2 aromatic rings. The molecule has 0 saturated carbocycles. The van der Waals surface area contributed by atoms with E-state index in [1.165, 1.54) is 12.1 Å². The van der Waals surface area contributed by atoms with E-state index < -0.39 is 139 Å². The minimum atomic E-state index is -1.73. The standard InChI is InChI=1S/C55H86N12O13S/c1-8-9-17-38(62-53(78)41(26-44(57)70)64-52(77)39(23-31(2)3)63-48(73)33(6)14-13-22-56)50(75)67-47(32(4)5)55(80)65-42(28-68)54(79)66-43(49(74)59-27-45(58)71)29-81-30-46(72)61-40(25-35-15-11-10-12-16-35)51(76)60-34(7)24-36-18-20-37(69)21-19-36/h10-12,15-16,18-21,31-34,38-43,47,68-69H,8-9,13-14,17,22-30,56H2,1-7H3,(H2,57,70)(H2,58,71)(H,59,74)(H,60,76)(H,61,72)(H,62,78)(H,63,73)(H,64,77)(H,65,80)(H,66,79)(H,67,75)/t33-,34+,38-,39+,40-,41-,42-,43-,47-/m0/s1. The van der Waals surface area contributed by atoms with Gasteiger partial charge in [-0.25, -0.2) is 0 Å². The summed E-state index contributed by atoms with van der Waals surface area (Å²) in [6.45, 7) is 10.9. The molecule has 0 fully saturated rings. The van der Waals surface area contributed by atoms with Gasteiger partial charge in [0.05, 0.1) is 25.3 Å². The number of amides is 11. The summed E-state index contributed by atoms with van der Waals surface area (Å²) in [5, 5.41) is 43.2. The first-order chi connectivity index (χ1) is 38.3. The maximum absolute atomic E-state index is 14.0. The zero-order chi connectivity index (χ0) is 60.8. The van der Waals surface area contributed by atoms with E-state index in [4.69, 9.17) is 17.2 Å². The van der Waals surface area contributed by atoms with Crippen molar-refractivity contribution in [1.29, 1.82) is 0 Å². The maximum Gasteiger partial charge on any atom is 0.245 e. The number of primary amides is 2. The minimum Gasteiger partial charge on any atom is -0.508 e. The molecule has 450 valence electrons. The molecule has 26 heteroatoms. The summed E-state index contributed by atoms with van der Waals surface area (Å²) < 4.78 is 0. The third kappa shape index (κ3) is 27.1. The van der Waals surface area contributed by atoms with Gasteiger partial charge in [0.2, 0.25) is 65.0 Å². The summed E-state index contributed by atoms with van der Waals surface area (Å²) in [5.41, 5.74) is 17.9. The average Bonchev–Trinajstić information content (AvgIpc) is 3.40. The summed E-state index contributed by atoms with van der Waals surface area (Å²) in [4.78, 5) is 146. The highest BCUT2D eigenvalue weighted by atomic mass is 32.2. The minimum absolute atomic E-state index is 0.0386. The molecule has 0 radical (unpaired) electrons. The van der Waals surface area contributed by atoms with E-state index in [0.717, 1.165) is 22.9 Å². The van der Waals surface area contributed by atoms with Crippen LogP contribution >= 0.6 is 11.8 Å². The van der Waals surface area contributed by atoms with Gasteiger partial charge >= 0.3 is 0 Å². The number of aromatic hydroxyl groups is 1. The highest BCUT2D eigenvalue weighted by molar-refractivity contribution is 8.00. The van der Waals surface area contributed by atoms with Crippen LogP contribution in [0.3, 0.4) is 0 Å². The van der Waals surface area contributed by atoms with Crippen molar-refractivity contribution in [2.75, 3.05) is 31.2 Å². The Balaban J connectivity index is 2.24. The number of hydrogen-bond acceptors (Lipinski definition) is 15. The fourth-order valence-electron chi connectivity index (χ4n) is 8.15. The Hall–Kier alpha value is -7.32. The lowest BCUT2D eigenvalue weighted by atomic mass is 9.99. The largest absolute Gasteiger partial charge is 0.508 e. The number of unbranched alkanes of at least 4 members (excludes halogenated alkanes) is 1. The van der Waals surface area contributed by atoms with Crippen molar-refractivity contribution in [2.45, 2.75) is 155 Å². The average molecular weight is 1160 g/mol. The van der Waals surface area contributed by atoms with Gasteiger partial charge in [-0.3, -0.25) is 52.7 Å². The first-order valence-electron chi connectivity index (χ1n) is 27.2. The van der Waals surface area contributed by atoms with E-state index in [0.29, 0.717) is 38.6 Å². The molecule has 2 rings (SSSR count). The molecule has 0 aliphatic heterocycles. The van der Waals surface area contributed by atoms with Crippen LogP contribution in [0.1, 0.15) is 105 Å². The normalized spacial score (nSPS) is 14.5. The van der Waals surface area contributed by atoms with Crippen LogP contribution in [0.5, 0.6) is 5.75 Å². The van der Waals surface area contributed by atoms with Crippen molar-refractivity contribution in [3.05, 3.63) is 65.7 Å². The van der Waals surface area contributed by atoms with Crippen molar-refractivity contribution in [1.82, 2.24) is 47.9 Å². The van der Waals surface area contributed by atoms with Crippen LogP contribution in [0.25, 0.3) is 0 Å². The van der Waals surface area contributed by atoms with E-state index in [2.05, 4.69) is 47.9 Å². The molecule has 0 aliphatic carbocycles. The van der Waals surface area contributed by atoms with E-state index in [-0.39, 0.29) is 48.5 Å². The summed E-state index contributed by atoms with van der Waals surface area (Å²) in [7, 11) is 0. The molecule has 2 aromatic carbocycles. The third-order valence-corrected chi connectivity index (χ3v) is 13.6. The van der Waals surface area contributed by atoms with E-state index in [1.807, 2.05) is 20.8 Å². The summed E-state index contributed by atoms with van der Waals surface area (Å²) in [6.07, 6.45) is 2.14. The topological polar surface area (TPSA) is 415 Å². The van der Waals surface area contributed by atoms with Crippen LogP contribution in [-0.2, 0) is 65.6 Å². The number of rotatable bonds is 38. The van der Waals surface area contributed by atoms with Gasteiger partial charge in [-0.2, -0.15) is 0 Å². The number of phenols is 1. The summed E-state index contributed by atoms with van der Waals surface area (Å²) >= 11 is 0.882. The molecular weight excluding hydrogens is 1070 g/mol. The molecule has 0 heterocycles. The Morgan fingerprint density at radius 2 is 1.11 bits per heavy atom. The second kappa shape index (κ2) is 36.8. The second-order valence-electron chi connectivity index (χ2n) is 20.8. The highest BCUT2D eigenvalue weighted by Gasteiger charge is 2.35. The first kappa shape index (κ1) is 69.8. The van der Waals surface area contributed by atoms with Gasteiger partial charge in [0.25, 0.3) is 0 Å². The zero-order valence-electron chi connectivity index (χ0n) is 47.5. The zero-order valence-corrected chi connectivity index (χ0v) is 48.3. The van der Waals surface area contributed by atoms with Crippen LogP contribution < -0.4 is 65.1 Å². The predicted molar refractivity (Wildman–Crippen MR) is 305 cm³/mol. The van der Waals surface area contributed by atoms with Gasteiger partial charge < -0.3 is 75.3 Å². The van der Waals surface area contributed by atoms with Gasteiger partial charge in [0, 0.05) is 24.1 Å². The number of benzene rings is 2. The predicted octanol–water partition coefficient (Wildman–Crippen LogP) is -1.45. The molecule has 0 unspecified atom stereocenters. The summed E-state index contributed by atoms with van der Waals surface area (Å²) in [6, 6.07) is 5.51. The van der Waals surface area contributed by atoms with Crippen molar-refractivity contribution in [2.24, 2.45) is 35.0 Å². The van der Waals surface area contributed by atoms with Gasteiger partial charge in [0.1, 0.15) is 48.0 Å². The fraction of sp³-hybridized carbons (Fsp3) is 0.582. The third-order valence-electron chi connectivity index (χ3n) is 12.6. The fourth-order valence-corrected chi connectivity index (χ4v) is 9.00. The quantitative estimate of drug-likeness (QED) is 0.0366. The molecule has 0 spiro atoms. The van der Waals surface area contributed by atoms with Crippen molar-refractivity contribution < 1.29 is 63.0 Å². The lowest BCUT2D eigenvalue weighted by Crippen LogP contribution is -2.61. The smallest absolute Gasteiger partial charge is 0.245 e. The second-order valence-corrected chi connectivity index (χ2v) is 21.8. The van der Waals surface area contributed by atoms with Crippen molar-refractivity contribution in [3.63, 3.8) is 0 Å². The van der Waals surface area contributed by atoms with Crippen molar-refractivity contribution >= 4 is 76.7 Å². The van der Waals surface area contributed by atoms with Crippen LogP contribution in [0, 0.1) is 17.8 Å². The number of phenolic OH excluding ortho intramolecular Hbond substituents is 1. The number of aliphatic hydroxyl groups is 1. The highest BCUT2D eigenvalue weighted by Crippen LogP contribution is 2.15. The number of carbonyl (C=O) groups is 11.